The molecule has 4 heterocycles. The molecule has 2 saturated heterocycles. The number of amides is 1. The lowest BCUT2D eigenvalue weighted by Crippen LogP contribution is -2.58. The molecule has 3 aromatic rings. The maximum Gasteiger partial charge on any atom is 0.417 e. The highest BCUT2D eigenvalue weighted by Crippen LogP contribution is 2.50. The van der Waals surface area contributed by atoms with E-state index < -0.39 is 35.7 Å². The van der Waals surface area contributed by atoms with E-state index in [9.17, 15) is 35.9 Å². The Labute approximate surface area is 279 Å². The summed E-state index contributed by atoms with van der Waals surface area (Å²) in [6, 6.07) is 4.67. The third-order valence-corrected chi connectivity index (χ3v) is 10.4. The van der Waals surface area contributed by atoms with Gasteiger partial charge in [0.2, 0.25) is 5.91 Å². The Morgan fingerprint density at radius 2 is 1.79 bits per heavy atom. The zero-order valence-electron chi connectivity index (χ0n) is 25.7. The second-order valence-corrected chi connectivity index (χ2v) is 13.4. The maximum atomic E-state index is 14.9. The highest BCUT2D eigenvalue weighted by molar-refractivity contribution is 7.99. The summed E-state index contributed by atoms with van der Waals surface area (Å²) in [4.78, 5) is 36.1. The lowest BCUT2D eigenvalue weighted by molar-refractivity contribution is -0.137. The minimum absolute atomic E-state index is 0. The highest BCUT2D eigenvalue weighted by atomic mass is 32.2. The van der Waals surface area contributed by atoms with Crippen LogP contribution >= 0.6 is 25.3 Å². The summed E-state index contributed by atoms with van der Waals surface area (Å²) < 4.78 is 85.7. The second-order valence-electron chi connectivity index (χ2n) is 12.3. The third kappa shape index (κ3) is 6.62. The molecule has 6 rings (SSSR count). The van der Waals surface area contributed by atoms with Gasteiger partial charge in [-0.1, -0.05) is 18.7 Å². The Bertz CT molecular complexity index is 1730. The second kappa shape index (κ2) is 13.4. The summed E-state index contributed by atoms with van der Waals surface area (Å²) in [5.41, 5.74) is -1.20. The molecule has 0 saturated carbocycles. The molecule has 1 aromatic heterocycles. The van der Waals surface area contributed by atoms with Crippen LogP contribution in [0, 0.1) is 11.7 Å². The molecular weight excluding hydrogens is 665 g/mol. The van der Waals surface area contributed by atoms with Crippen molar-refractivity contribution in [2.24, 2.45) is 5.92 Å². The standard InChI is InChI=1S/C32H33F6N5O2S.H2S/c1-4-26(44)41-11-18(3)42(12-17(41)2)30-23-10-24(32(36,37)38)27(20-5-7-21(33)8-6-20)29-28(23)43(31(45)39-30)22(16-46-29)9-19-13-40(14-19)15-25(34)35;/h4-8,10,17-19,22,25H,1,9,11-16H2,2-3H3;1H2/t17-,18+,22+;/m1./s1. The summed E-state index contributed by atoms with van der Waals surface area (Å²) >= 11 is 1.21. The first-order valence-corrected chi connectivity index (χ1v) is 16.0. The molecule has 3 aliphatic rings. The van der Waals surface area contributed by atoms with Gasteiger partial charge in [0.15, 0.2) is 0 Å². The molecule has 0 spiro atoms. The summed E-state index contributed by atoms with van der Waals surface area (Å²) in [6.45, 7) is 8.22. The molecule has 0 unspecified atom stereocenters. The van der Waals surface area contributed by atoms with Crippen molar-refractivity contribution in [3.8, 4) is 11.1 Å². The molecule has 254 valence electrons. The van der Waals surface area contributed by atoms with Crippen molar-refractivity contribution >= 4 is 47.9 Å². The summed E-state index contributed by atoms with van der Waals surface area (Å²) in [6.07, 6.45) is -5.56. The molecule has 2 aromatic carbocycles. The van der Waals surface area contributed by atoms with Gasteiger partial charge in [0.05, 0.1) is 17.6 Å². The largest absolute Gasteiger partial charge is 0.417 e. The number of aromatic nitrogens is 2. The zero-order valence-corrected chi connectivity index (χ0v) is 27.6. The number of halogens is 6. The molecule has 0 aliphatic carbocycles. The molecule has 7 nitrogen and oxygen atoms in total. The van der Waals surface area contributed by atoms with E-state index in [1.807, 2.05) is 13.8 Å². The number of benzene rings is 2. The van der Waals surface area contributed by atoms with Gasteiger partial charge in [-0.15, -0.1) is 11.8 Å². The van der Waals surface area contributed by atoms with Gasteiger partial charge < -0.3 is 9.80 Å². The Morgan fingerprint density at radius 1 is 1.11 bits per heavy atom. The van der Waals surface area contributed by atoms with Crippen LogP contribution in [0.2, 0.25) is 0 Å². The van der Waals surface area contributed by atoms with E-state index in [2.05, 4.69) is 11.6 Å². The van der Waals surface area contributed by atoms with Crippen LogP contribution in [-0.2, 0) is 11.0 Å². The molecular formula is C32H35F6N5O2S2. The van der Waals surface area contributed by atoms with Crippen molar-refractivity contribution in [1.29, 1.82) is 0 Å². The van der Waals surface area contributed by atoms with Crippen LogP contribution in [0.3, 0.4) is 0 Å². The van der Waals surface area contributed by atoms with Gasteiger partial charge in [0.1, 0.15) is 11.6 Å². The van der Waals surface area contributed by atoms with Crippen molar-refractivity contribution in [3.05, 3.63) is 64.9 Å². The molecule has 2 fully saturated rings. The Balaban J connectivity index is 0.00000433. The van der Waals surface area contributed by atoms with Crippen molar-refractivity contribution in [2.45, 2.75) is 55.9 Å². The Hall–Kier alpha value is -3.17. The van der Waals surface area contributed by atoms with Crippen LogP contribution in [0.1, 0.15) is 31.9 Å². The summed E-state index contributed by atoms with van der Waals surface area (Å²) in [5, 5.41) is 0.153. The van der Waals surface area contributed by atoms with Crippen molar-refractivity contribution in [3.63, 3.8) is 0 Å². The van der Waals surface area contributed by atoms with Crippen LogP contribution < -0.4 is 10.6 Å². The Kier molecular flexibility index (Phi) is 10.0. The number of nitrogens with zero attached hydrogens (tertiary/aromatic N) is 5. The van der Waals surface area contributed by atoms with Crippen LogP contribution in [0.4, 0.5) is 32.2 Å². The van der Waals surface area contributed by atoms with E-state index in [1.165, 1.54) is 34.5 Å². The van der Waals surface area contributed by atoms with Gasteiger partial charge in [-0.05, 0) is 56.0 Å². The van der Waals surface area contributed by atoms with Gasteiger partial charge in [0.25, 0.3) is 6.43 Å². The van der Waals surface area contributed by atoms with Crippen molar-refractivity contribution < 1.29 is 31.1 Å². The third-order valence-electron chi connectivity index (χ3n) is 9.12. The summed E-state index contributed by atoms with van der Waals surface area (Å²) in [7, 11) is 0. The van der Waals surface area contributed by atoms with E-state index in [4.69, 9.17) is 0 Å². The average Bonchev–Trinajstić information content (AvgIpc) is 2.98. The van der Waals surface area contributed by atoms with Gasteiger partial charge in [-0.25, -0.2) is 18.0 Å². The van der Waals surface area contributed by atoms with Crippen LogP contribution in [-0.4, -0.2) is 82.2 Å². The first kappa shape index (κ1) is 35.1. The number of thioether (sulfide) groups is 1. The number of piperazine rings is 1. The number of carbonyl (C=O) groups excluding carboxylic acids is 1. The number of rotatable bonds is 7. The zero-order chi connectivity index (χ0) is 33.1. The number of alkyl halides is 5. The lowest BCUT2D eigenvalue weighted by Gasteiger charge is -2.45. The number of hydrogen-bond donors (Lipinski definition) is 0. The smallest absolute Gasteiger partial charge is 0.349 e. The first-order valence-electron chi connectivity index (χ1n) is 15.1. The lowest BCUT2D eigenvalue weighted by atomic mass is 9.91. The summed E-state index contributed by atoms with van der Waals surface area (Å²) in [5.74, 6) is -0.447. The number of carbonyl (C=O) groups is 1. The van der Waals surface area contributed by atoms with E-state index >= 15 is 0 Å². The van der Waals surface area contributed by atoms with Gasteiger partial charge in [0, 0.05) is 65.9 Å². The highest BCUT2D eigenvalue weighted by Gasteiger charge is 2.41. The van der Waals surface area contributed by atoms with Crippen molar-refractivity contribution in [1.82, 2.24) is 19.4 Å². The predicted molar refractivity (Wildman–Crippen MR) is 175 cm³/mol. The quantitative estimate of drug-likeness (QED) is 0.217. The van der Waals surface area contributed by atoms with Gasteiger partial charge in [-0.2, -0.15) is 31.7 Å². The normalized spacial score (nSPS) is 21.9. The molecule has 3 atom stereocenters. The van der Waals surface area contributed by atoms with E-state index in [1.54, 1.807) is 14.7 Å². The first-order chi connectivity index (χ1) is 21.8. The molecule has 1 amide bonds. The maximum absolute atomic E-state index is 14.9. The molecule has 0 bridgehead atoms. The number of likely N-dealkylation sites (tertiary alicyclic amines) is 1. The van der Waals surface area contributed by atoms with E-state index in [0.717, 1.165) is 18.2 Å². The molecule has 3 aliphatic heterocycles. The SMILES string of the molecule is C=CC(=O)N1C[C@H](C)N(c2nc(=O)n3c4c(c(-c5ccc(F)cc5)c(C(F)(F)F)cc24)SC[C@@H]3CC2CN(CC(F)F)C2)C[C@H]1C.S. The van der Waals surface area contributed by atoms with Crippen LogP contribution in [0.25, 0.3) is 22.0 Å². The van der Waals surface area contributed by atoms with Crippen LogP contribution in [0.15, 0.2) is 52.7 Å². The fourth-order valence-electron chi connectivity index (χ4n) is 7.01. The minimum atomic E-state index is -4.79. The average molecular weight is 700 g/mol. The van der Waals surface area contributed by atoms with Gasteiger partial charge in [-0.3, -0.25) is 14.3 Å². The fourth-order valence-corrected chi connectivity index (χ4v) is 8.37. The topological polar surface area (TPSA) is 61.7 Å². The predicted octanol–water partition coefficient (Wildman–Crippen LogP) is 6.18. The molecule has 47 heavy (non-hydrogen) atoms. The van der Waals surface area contributed by atoms with E-state index in [-0.39, 0.29) is 90.0 Å². The van der Waals surface area contributed by atoms with Crippen molar-refractivity contribution in [2.75, 3.05) is 43.4 Å². The van der Waals surface area contributed by atoms with E-state index in [0.29, 0.717) is 25.0 Å². The number of anilines is 1. The molecule has 0 N–H and O–H groups in total. The minimum Gasteiger partial charge on any atom is -0.349 e. The molecule has 0 radical (unpaired) electrons. The van der Waals surface area contributed by atoms with Gasteiger partial charge >= 0.3 is 11.9 Å². The number of hydrogen-bond acceptors (Lipinski definition) is 6. The Morgan fingerprint density at radius 3 is 2.40 bits per heavy atom. The van der Waals surface area contributed by atoms with Crippen LogP contribution in [0.5, 0.6) is 0 Å². The molecule has 15 heteroatoms. The fraction of sp³-hybridized carbons (Fsp3) is 0.469. The monoisotopic (exact) mass is 699 g/mol.